The third kappa shape index (κ3) is 3.27. The summed E-state index contributed by atoms with van der Waals surface area (Å²) in [7, 11) is 0. The van der Waals surface area contributed by atoms with Crippen LogP contribution in [0.3, 0.4) is 0 Å². The van der Waals surface area contributed by atoms with Crippen LogP contribution in [0.2, 0.25) is 5.02 Å². The van der Waals surface area contributed by atoms with Crippen LogP contribution < -0.4 is 5.32 Å². The van der Waals surface area contributed by atoms with E-state index >= 15 is 0 Å². The normalized spacial score (nSPS) is 12.7. The van der Waals surface area contributed by atoms with Crippen molar-refractivity contribution >= 4 is 27.5 Å². The molecule has 0 spiro atoms. The largest absolute Gasteiger partial charge is 0.457 e. The maximum atomic E-state index is 6.20. The molecule has 0 aliphatic rings. The van der Waals surface area contributed by atoms with Crippen LogP contribution in [0.4, 0.5) is 0 Å². The molecule has 0 amide bonds. The van der Waals surface area contributed by atoms with Crippen LogP contribution in [0.25, 0.3) is 0 Å². The molecule has 0 aliphatic carbocycles. The van der Waals surface area contributed by atoms with Crippen molar-refractivity contribution < 1.29 is 4.42 Å². The molecule has 2 rings (SSSR count). The second-order valence-electron chi connectivity index (χ2n) is 4.99. The first kappa shape index (κ1) is 15.6. The summed E-state index contributed by atoms with van der Waals surface area (Å²) in [6.45, 7) is 7.24. The Morgan fingerprint density at radius 2 is 2.00 bits per heavy atom. The Bertz CT molecular complexity index is 594. The Morgan fingerprint density at radius 1 is 1.25 bits per heavy atom. The van der Waals surface area contributed by atoms with E-state index in [2.05, 4.69) is 41.2 Å². The molecule has 2 nitrogen and oxygen atoms in total. The van der Waals surface area contributed by atoms with Crippen molar-refractivity contribution in [1.29, 1.82) is 0 Å². The zero-order valence-electron chi connectivity index (χ0n) is 12.0. The average molecular weight is 357 g/mol. The van der Waals surface area contributed by atoms with E-state index in [-0.39, 0.29) is 6.04 Å². The van der Waals surface area contributed by atoms with E-state index in [9.17, 15) is 0 Å². The van der Waals surface area contributed by atoms with Crippen molar-refractivity contribution in [3.8, 4) is 0 Å². The summed E-state index contributed by atoms with van der Waals surface area (Å²) < 4.78 is 6.17. The lowest BCUT2D eigenvalue weighted by Gasteiger charge is -2.21. The molecule has 108 valence electrons. The highest BCUT2D eigenvalue weighted by atomic mass is 79.9. The van der Waals surface area contributed by atoms with Gasteiger partial charge in [0.1, 0.15) is 0 Å². The Morgan fingerprint density at radius 3 is 2.60 bits per heavy atom. The van der Waals surface area contributed by atoms with Crippen LogP contribution in [-0.2, 0) is 0 Å². The monoisotopic (exact) mass is 355 g/mol. The SMILES string of the molecule is CCCNC(c1cc(C)c(Cl)cc1C)c1ccoc1Br. The Labute approximate surface area is 133 Å². The Kier molecular flexibility index (Phi) is 5.30. The van der Waals surface area contributed by atoms with Crippen LogP contribution >= 0.6 is 27.5 Å². The average Bonchev–Trinajstić information content (AvgIpc) is 2.82. The summed E-state index contributed by atoms with van der Waals surface area (Å²) in [5.41, 5.74) is 4.63. The molecule has 0 aliphatic heterocycles. The van der Waals surface area contributed by atoms with Gasteiger partial charge in [-0.2, -0.15) is 0 Å². The van der Waals surface area contributed by atoms with Crippen LogP contribution in [-0.4, -0.2) is 6.54 Å². The molecular weight excluding hydrogens is 338 g/mol. The molecule has 1 aromatic carbocycles. The third-order valence-corrected chi connectivity index (χ3v) is 4.47. The van der Waals surface area contributed by atoms with Gasteiger partial charge in [0, 0.05) is 10.6 Å². The van der Waals surface area contributed by atoms with Crippen molar-refractivity contribution in [2.24, 2.45) is 0 Å². The zero-order valence-corrected chi connectivity index (χ0v) is 14.3. The van der Waals surface area contributed by atoms with E-state index < -0.39 is 0 Å². The molecule has 20 heavy (non-hydrogen) atoms. The number of hydrogen-bond donors (Lipinski definition) is 1. The standard InChI is InChI=1S/C16H19BrClNO/c1-4-6-19-15(12-5-7-20-16(12)17)13-8-11(3)14(18)9-10(13)2/h5,7-9,15,19H,4,6H2,1-3H3. The van der Waals surface area contributed by atoms with Gasteiger partial charge in [0.2, 0.25) is 0 Å². The molecule has 1 heterocycles. The first-order valence-corrected chi connectivity index (χ1v) is 7.94. The molecule has 1 aromatic heterocycles. The number of hydrogen-bond acceptors (Lipinski definition) is 2. The number of halogens is 2. The predicted molar refractivity (Wildman–Crippen MR) is 87.5 cm³/mol. The van der Waals surface area contributed by atoms with Gasteiger partial charge in [-0.3, -0.25) is 0 Å². The lowest BCUT2D eigenvalue weighted by molar-refractivity contribution is 0.523. The van der Waals surface area contributed by atoms with Crippen molar-refractivity contribution in [3.63, 3.8) is 0 Å². The highest BCUT2D eigenvalue weighted by Gasteiger charge is 2.20. The fourth-order valence-electron chi connectivity index (χ4n) is 2.30. The van der Waals surface area contributed by atoms with Gasteiger partial charge < -0.3 is 9.73 Å². The molecule has 4 heteroatoms. The van der Waals surface area contributed by atoms with Gasteiger partial charge in [-0.1, -0.05) is 24.6 Å². The zero-order chi connectivity index (χ0) is 14.7. The molecule has 0 fully saturated rings. The lowest BCUT2D eigenvalue weighted by Crippen LogP contribution is -2.24. The summed E-state index contributed by atoms with van der Waals surface area (Å²) in [6, 6.07) is 6.30. The molecule has 0 bridgehead atoms. The number of aryl methyl sites for hydroxylation is 2. The lowest BCUT2D eigenvalue weighted by atomic mass is 9.95. The quantitative estimate of drug-likeness (QED) is 0.775. The van der Waals surface area contributed by atoms with Gasteiger partial charge in [-0.25, -0.2) is 0 Å². The summed E-state index contributed by atoms with van der Waals surface area (Å²) in [6.07, 6.45) is 2.79. The minimum Gasteiger partial charge on any atom is -0.457 e. The highest BCUT2D eigenvalue weighted by molar-refractivity contribution is 9.10. The van der Waals surface area contributed by atoms with Gasteiger partial charge in [0.25, 0.3) is 0 Å². The topological polar surface area (TPSA) is 25.2 Å². The molecule has 1 unspecified atom stereocenters. The molecule has 0 saturated carbocycles. The second-order valence-corrected chi connectivity index (χ2v) is 6.12. The van der Waals surface area contributed by atoms with E-state index in [0.29, 0.717) is 0 Å². The fraction of sp³-hybridized carbons (Fsp3) is 0.375. The summed E-state index contributed by atoms with van der Waals surface area (Å²) in [5.74, 6) is 0. The fourth-order valence-corrected chi connectivity index (χ4v) is 2.99. The highest BCUT2D eigenvalue weighted by Crippen LogP contribution is 2.33. The van der Waals surface area contributed by atoms with E-state index in [0.717, 1.165) is 33.8 Å². The van der Waals surface area contributed by atoms with E-state index in [1.54, 1.807) is 6.26 Å². The Balaban J connectivity index is 2.46. The minimum atomic E-state index is 0.110. The maximum Gasteiger partial charge on any atom is 0.174 e. The molecule has 1 N–H and O–H groups in total. The number of rotatable bonds is 5. The van der Waals surface area contributed by atoms with Crippen LogP contribution in [0.15, 0.2) is 33.5 Å². The second kappa shape index (κ2) is 6.79. The van der Waals surface area contributed by atoms with Crippen LogP contribution in [0.1, 0.15) is 41.6 Å². The Hall–Kier alpha value is -0.770. The van der Waals surface area contributed by atoms with Crippen molar-refractivity contribution in [1.82, 2.24) is 5.32 Å². The smallest absolute Gasteiger partial charge is 0.174 e. The van der Waals surface area contributed by atoms with Gasteiger partial charge in [0.05, 0.1) is 12.3 Å². The molecule has 0 saturated heterocycles. The van der Waals surface area contributed by atoms with E-state index in [4.69, 9.17) is 16.0 Å². The predicted octanol–water partition coefficient (Wildman–Crippen LogP) is 5.40. The summed E-state index contributed by atoms with van der Waals surface area (Å²) >= 11 is 9.68. The van der Waals surface area contributed by atoms with Gasteiger partial charge >= 0.3 is 0 Å². The van der Waals surface area contributed by atoms with Crippen molar-refractivity contribution in [2.75, 3.05) is 6.54 Å². The molecule has 0 radical (unpaired) electrons. The maximum absolute atomic E-state index is 6.20. The van der Waals surface area contributed by atoms with Gasteiger partial charge in [-0.15, -0.1) is 0 Å². The third-order valence-electron chi connectivity index (χ3n) is 3.41. The van der Waals surface area contributed by atoms with Crippen molar-refractivity contribution in [2.45, 2.75) is 33.2 Å². The summed E-state index contributed by atoms with van der Waals surface area (Å²) in [4.78, 5) is 0. The first-order valence-electron chi connectivity index (χ1n) is 6.77. The number of furan rings is 1. The summed E-state index contributed by atoms with van der Waals surface area (Å²) in [5, 5.41) is 4.40. The van der Waals surface area contributed by atoms with Crippen LogP contribution in [0, 0.1) is 13.8 Å². The van der Waals surface area contributed by atoms with Crippen molar-refractivity contribution in [3.05, 3.63) is 56.4 Å². The van der Waals surface area contributed by atoms with Gasteiger partial charge in [-0.05, 0) is 71.6 Å². The number of benzene rings is 1. The molecule has 2 aromatic rings. The number of nitrogens with one attached hydrogen (secondary N) is 1. The molecular formula is C16H19BrClNO. The van der Waals surface area contributed by atoms with Gasteiger partial charge in [0.15, 0.2) is 4.67 Å². The van der Waals surface area contributed by atoms with E-state index in [1.165, 1.54) is 11.1 Å². The first-order chi connectivity index (χ1) is 9.54. The van der Waals surface area contributed by atoms with Crippen LogP contribution in [0.5, 0.6) is 0 Å². The minimum absolute atomic E-state index is 0.110. The van der Waals surface area contributed by atoms with E-state index in [1.807, 2.05) is 19.1 Å². The molecule has 1 atom stereocenters.